The number of rotatable bonds is 3. The number of hydrogen-bond acceptors (Lipinski definition) is 5. The third-order valence-corrected chi connectivity index (χ3v) is 3.90. The maximum Gasteiger partial charge on any atom is 0.158 e. The minimum Gasteiger partial charge on any atom is -0.378 e. The third kappa shape index (κ3) is 2.37. The standard InChI is InChI=1S/C9H8BrN3OS2/c1-14-2-5-7(10)9(15)13-8(12-5)6-3-16-4-11-6/h3-4H,2H2,1H3,(H,12,13,15). The molecule has 1 N–H and O–H groups in total. The number of thiazole rings is 1. The maximum absolute atomic E-state index is 5.16. The van der Waals surface area contributed by atoms with Gasteiger partial charge in [0.1, 0.15) is 10.3 Å². The fourth-order valence-electron chi connectivity index (χ4n) is 1.20. The first kappa shape index (κ1) is 11.8. The number of nitrogens with one attached hydrogen (secondary N) is 1. The van der Waals surface area contributed by atoms with E-state index in [0.29, 0.717) is 17.1 Å². The number of nitrogens with zero attached hydrogens (tertiary/aromatic N) is 2. The van der Waals surface area contributed by atoms with Crippen molar-refractivity contribution in [2.24, 2.45) is 0 Å². The van der Waals surface area contributed by atoms with E-state index in [1.54, 1.807) is 12.6 Å². The molecule has 0 aliphatic carbocycles. The van der Waals surface area contributed by atoms with E-state index in [1.165, 1.54) is 11.3 Å². The number of hydrogen-bond donors (Lipinski definition) is 1. The SMILES string of the molecule is COCc1[nH]c(-c2cscn2)nc(=S)c1Br. The minimum atomic E-state index is 0.448. The molecule has 7 heteroatoms. The highest BCUT2D eigenvalue weighted by atomic mass is 79.9. The van der Waals surface area contributed by atoms with Gasteiger partial charge >= 0.3 is 0 Å². The van der Waals surface area contributed by atoms with Crippen molar-refractivity contribution < 1.29 is 4.74 Å². The monoisotopic (exact) mass is 317 g/mol. The summed E-state index contributed by atoms with van der Waals surface area (Å²) in [6.45, 7) is 0.448. The Labute approximate surface area is 110 Å². The van der Waals surface area contributed by atoms with Crippen LogP contribution in [0.2, 0.25) is 0 Å². The highest BCUT2D eigenvalue weighted by molar-refractivity contribution is 9.10. The second-order valence-electron chi connectivity index (χ2n) is 2.99. The number of methoxy groups -OCH3 is 1. The average Bonchev–Trinajstić information content (AvgIpc) is 2.78. The Kier molecular flexibility index (Phi) is 3.80. The molecule has 16 heavy (non-hydrogen) atoms. The van der Waals surface area contributed by atoms with Gasteiger partial charge in [0.25, 0.3) is 0 Å². The van der Waals surface area contributed by atoms with Crippen LogP contribution >= 0.6 is 39.5 Å². The molecule has 4 nitrogen and oxygen atoms in total. The molecular weight excluding hydrogens is 310 g/mol. The van der Waals surface area contributed by atoms with Gasteiger partial charge in [-0.3, -0.25) is 0 Å². The van der Waals surface area contributed by atoms with Gasteiger partial charge in [-0.2, -0.15) is 0 Å². The molecular formula is C9H8BrN3OS2. The van der Waals surface area contributed by atoms with Crippen LogP contribution in [0.4, 0.5) is 0 Å². The van der Waals surface area contributed by atoms with Crippen molar-refractivity contribution in [1.82, 2.24) is 15.0 Å². The second kappa shape index (κ2) is 5.13. The van der Waals surface area contributed by atoms with Crippen LogP contribution < -0.4 is 0 Å². The zero-order valence-corrected chi connectivity index (χ0v) is 11.6. The van der Waals surface area contributed by atoms with E-state index in [1.807, 2.05) is 5.38 Å². The molecule has 0 aromatic carbocycles. The van der Waals surface area contributed by atoms with Crippen LogP contribution in [0, 0.1) is 4.64 Å². The first-order valence-electron chi connectivity index (χ1n) is 4.38. The molecule has 2 heterocycles. The molecule has 2 aromatic heterocycles. The zero-order chi connectivity index (χ0) is 11.5. The number of aromatic nitrogens is 3. The molecule has 0 aliphatic heterocycles. The topological polar surface area (TPSA) is 50.8 Å². The Bertz CT molecular complexity index is 538. The fraction of sp³-hybridized carbons (Fsp3) is 0.222. The lowest BCUT2D eigenvalue weighted by atomic mass is 10.4. The lowest BCUT2D eigenvalue weighted by molar-refractivity contribution is 0.181. The molecule has 0 atom stereocenters. The summed E-state index contributed by atoms with van der Waals surface area (Å²) in [5.74, 6) is 0.668. The molecule has 0 unspecified atom stereocenters. The molecule has 0 amide bonds. The van der Waals surface area contributed by atoms with Gasteiger partial charge in [-0.25, -0.2) is 9.97 Å². The maximum atomic E-state index is 5.16. The second-order valence-corrected chi connectivity index (χ2v) is 4.89. The lowest BCUT2D eigenvalue weighted by Gasteiger charge is -2.05. The number of H-pyrrole nitrogens is 1. The van der Waals surface area contributed by atoms with Gasteiger partial charge in [-0.05, 0) is 15.9 Å². The molecule has 0 fully saturated rings. The van der Waals surface area contributed by atoms with E-state index >= 15 is 0 Å². The lowest BCUT2D eigenvalue weighted by Crippen LogP contribution is -1.99. The molecule has 0 bridgehead atoms. The van der Waals surface area contributed by atoms with Crippen LogP contribution in [0.1, 0.15) is 5.69 Å². The van der Waals surface area contributed by atoms with E-state index in [0.717, 1.165) is 15.9 Å². The Morgan fingerprint density at radius 1 is 1.62 bits per heavy atom. The highest BCUT2D eigenvalue weighted by Gasteiger charge is 2.08. The summed E-state index contributed by atoms with van der Waals surface area (Å²) in [7, 11) is 1.63. The van der Waals surface area contributed by atoms with Crippen molar-refractivity contribution in [1.29, 1.82) is 0 Å². The summed E-state index contributed by atoms with van der Waals surface area (Å²) in [4.78, 5) is 11.6. The van der Waals surface area contributed by atoms with Crippen LogP contribution in [0.5, 0.6) is 0 Å². The summed E-state index contributed by atoms with van der Waals surface area (Å²) in [5.41, 5.74) is 3.41. The molecule has 2 aromatic rings. The van der Waals surface area contributed by atoms with Crippen molar-refractivity contribution >= 4 is 39.5 Å². The van der Waals surface area contributed by atoms with E-state index in [9.17, 15) is 0 Å². The summed E-state index contributed by atoms with van der Waals surface area (Å²) in [5, 5.41) is 1.91. The van der Waals surface area contributed by atoms with Gasteiger partial charge < -0.3 is 9.72 Å². The van der Waals surface area contributed by atoms with Crippen molar-refractivity contribution in [2.75, 3.05) is 7.11 Å². The molecule has 0 spiro atoms. The van der Waals surface area contributed by atoms with Gasteiger partial charge in [0.05, 0.1) is 22.3 Å². The van der Waals surface area contributed by atoms with Gasteiger partial charge in [0.15, 0.2) is 5.82 Å². The molecule has 0 saturated carbocycles. The number of halogens is 1. The van der Waals surface area contributed by atoms with E-state index in [-0.39, 0.29) is 0 Å². The number of aromatic amines is 1. The largest absolute Gasteiger partial charge is 0.378 e. The fourth-order valence-corrected chi connectivity index (χ4v) is 2.25. The smallest absolute Gasteiger partial charge is 0.158 e. The van der Waals surface area contributed by atoms with Crippen LogP contribution in [0.15, 0.2) is 15.4 Å². The zero-order valence-electron chi connectivity index (χ0n) is 8.36. The normalized spacial score (nSPS) is 10.6. The quantitative estimate of drug-likeness (QED) is 0.883. The van der Waals surface area contributed by atoms with E-state index < -0.39 is 0 Å². The average molecular weight is 318 g/mol. The predicted molar refractivity (Wildman–Crippen MR) is 68.9 cm³/mol. The summed E-state index contributed by atoms with van der Waals surface area (Å²) in [6, 6.07) is 0. The van der Waals surface area contributed by atoms with Crippen LogP contribution in [-0.2, 0) is 11.3 Å². The van der Waals surface area contributed by atoms with Gasteiger partial charge in [0.2, 0.25) is 0 Å². The molecule has 0 saturated heterocycles. The van der Waals surface area contributed by atoms with E-state index in [4.69, 9.17) is 17.0 Å². The third-order valence-electron chi connectivity index (χ3n) is 1.90. The van der Waals surface area contributed by atoms with E-state index in [2.05, 4.69) is 30.9 Å². The Morgan fingerprint density at radius 3 is 3.06 bits per heavy atom. The minimum absolute atomic E-state index is 0.448. The van der Waals surface area contributed by atoms with Crippen LogP contribution in [0.3, 0.4) is 0 Å². The van der Waals surface area contributed by atoms with Crippen LogP contribution in [-0.4, -0.2) is 22.1 Å². The Morgan fingerprint density at radius 2 is 2.44 bits per heavy atom. The predicted octanol–water partition coefficient (Wildman–Crippen LogP) is 3.17. The van der Waals surface area contributed by atoms with Gasteiger partial charge in [-0.15, -0.1) is 11.3 Å². The van der Waals surface area contributed by atoms with Crippen molar-refractivity contribution in [3.8, 4) is 11.5 Å². The van der Waals surface area contributed by atoms with Crippen molar-refractivity contribution in [2.45, 2.75) is 6.61 Å². The first-order valence-corrected chi connectivity index (χ1v) is 6.53. The van der Waals surface area contributed by atoms with Gasteiger partial charge in [-0.1, -0.05) is 12.2 Å². The van der Waals surface area contributed by atoms with Crippen LogP contribution in [0.25, 0.3) is 11.5 Å². The Balaban J connectivity index is 2.53. The summed E-state index contributed by atoms with van der Waals surface area (Å²) < 4.78 is 6.36. The molecule has 0 aliphatic rings. The summed E-state index contributed by atoms with van der Waals surface area (Å²) in [6.07, 6.45) is 0. The first-order chi connectivity index (χ1) is 7.72. The van der Waals surface area contributed by atoms with Crippen molar-refractivity contribution in [3.63, 3.8) is 0 Å². The molecule has 2 rings (SSSR count). The van der Waals surface area contributed by atoms with Gasteiger partial charge in [0, 0.05) is 12.5 Å². The van der Waals surface area contributed by atoms with Crippen molar-refractivity contribution in [3.05, 3.63) is 25.7 Å². The summed E-state index contributed by atoms with van der Waals surface area (Å²) >= 11 is 10.1. The molecule has 84 valence electrons. The number of ether oxygens (including phenoxy) is 1. The Hall–Kier alpha value is -0.630. The highest BCUT2D eigenvalue weighted by Crippen LogP contribution is 2.21. The molecule has 0 radical (unpaired) electrons.